The van der Waals surface area contributed by atoms with Gasteiger partial charge in [-0.2, -0.15) is 0 Å². The maximum atomic E-state index is 9.44. The van der Waals surface area contributed by atoms with Crippen LogP contribution in [-0.2, 0) is 6.61 Å². The van der Waals surface area contributed by atoms with Gasteiger partial charge in [0.15, 0.2) is 0 Å². The summed E-state index contributed by atoms with van der Waals surface area (Å²) in [5, 5.41) is 10.6. The van der Waals surface area contributed by atoms with Gasteiger partial charge in [-0.1, -0.05) is 32.0 Å². The molecule has 3 heteroatoms. The molecule has 1 heterocycles. The SMILES string of the molecule is CC(C)CN(c1cc(CO)nc2ccccc12)C(C)C. The van der Waals surface area contributed by atoms with Crippen molar-refractivity contribution in [2.75, 3.05) is 11.4 Å². The third-order valence-electron chi connectivity index (χ3n) is 3.40. The molecule has 0 aliphatic carbocycles. The van der Waals surface area contributed by atoms with Gasteiger partial charge < -0.3 is 10.0 Å². The second-order valence-electron chi connectivity index (χ2n) is 5.95. The first-order chi connectivity index (χ1) is 9.52. The quantitative estimate of drug-likeness (QED) is 0.903. The number of benzene rings is 1. The summed E-state index contributed by atoms with van der Waals surface area (Å²) in [7, 11) is 0. The maximum absolute atomic E-state index is 9.44. The summed E-state index contributed by atoms with van der Waals surface area (Å²) in [5.41, 5.74) is 2.85. The van der Waals surface area contributed by atoms with Crippen LogP contribution in [-0.4, -0.2) is 22.7 Å². The molecule has 0 spiro atoms. The molecule has 0 fully saturated rings. The van der Waals surface area contributed by atoms with Crippen LogP contribution >= 0.6 is 0 Å². The van der Waals surface area contributed by atoms with E-state index in [0.717, 1.165) is 23.1 Å². The Morgan fingerprint density at radius 3 is 2.45 bits per heavy atom. The Hall–Kier alpha value is -1.61. The van der Waals surface area contributed by atoms with Crippen molar-refractivity contribution in [2.24, 2.45) is 5.92 Å². The monoisotopic (exact) mass is 272 g/mol. The molecule has 0 aliphatic rings. The largest absolute Gasteiger partial charge is 0.390 e. The number of hydrogen-bond donors (Lipinski definition) is 1. The van der Waals surface area contributed by atoms with Crippen molar-refractivity contribution in [2.45, 2.75) is 40.3 Å². The molecule has 3 nitrogen and oxygen atoms in total. The number of hydrogen-bond acceptors (Lipinski definition) is 3. The van der Waals surface area contributed by atoms with Crippen molar-refractivity contribution in [1.29, 1.82) is 0 Å². The van der Waals surface area contributed by atoms with Crippen molar-refractivity contribution in [1.82, 2.24) is 4.98 Å². The third-order valence-corrected chi connectivity index (χ3v) is 3.40. The van der Waals surface area contributed by atoms with Crippen molar-refractivity contribution < 1.29 is 5.11 Å². The van der Waals surface area contributed by atoms with Gasteiger partial charge in [0, 0.05) is 23.7 Å². The molecule has 20 heavy (non-hydrogen) atoms. The van der Waals surface area contributed by atoms with Gasteiger partial charge in [0.2, 0.25) is 0 Å². The number of pyridine rings is 1. The molecule has 1 aromatic heterocycles. The molecule has 2 aromatic rings. The third kappa shape index (κ3) is 3.10. The van der Waals surface area contributed by atoms with Crippen LogP contribution in [0.3, 0.4) is 0 Å². The highest BCUT2D eigenvalue weighted by Gasteiger charge is 2.16. The van der Waals surface area contributed by atoms with Gasteiger partial charge in [-0.15, -0.1) is 0 Å². The summed E-state index contributed by atoms with van der Waals surface area (Å²) < 4.78 is 0. The maximum Gasteiger partial charge on any atom is 0.0854 e. The van der Waals surface area contributed by atoms with E-state index in [1.165, 1.54) is 5.69 Å². The van der Waals surface area contributed by atoms with E-state index >= 15 is 0 Å². The average molecular weight is 272 g/mol. The number of aliphatic hydroxyl groups is 1. The lowest BCUT2D eigenvalue weighted by atomic mass is 10.1. The molecule has 0 atom stereocenters. The molecule has 0 bridgehead atoms. The van der Waals surface area contributed by atoms with E-state index in [4.69, 9.17) is 0 Å². The fraction of sp³-hybridized carbons (Fsp3) is 0.471. The van der Waals surface area contributed by atoms with Crippen LogP contribution < -0.4 is 4.90 Å². The zero-order valence-electron chi connectivity index (χ0n) is 12.8. The molecular formula is C17H24N2O. The number of anilines is 1. The van der Waals surface area contributed by atoms with Gasteiger partial charge in [-0.3, -0.25) is 4.98 Å². The van der Waals surface area contributed by atoms with Crippen molar-refractivity contribution in [3.8, 4) is 0 Å². The number of aromatic nitrogens is 1. The number of nitrogens with zero attached hydrogens (tertiary/aromatic N) is 2. The summed E-state index contributed by atoms with van der Waals surface area (Å²) >= 11 is 0. The van der Waals surface area contributed by atoms with E-state index in [-0.39, 0.29) is 6.61 Å². The van der Waals surface area contributed by atoms with E-state index in [9.17, 15) is 5.11 Å². The molecule has 0 aliphatic heterocycles. The molecule has 0 amide bonds. The molecule has 0 unspecified atom stereocenters. The van der Waals surface area contributed by atoms with Crippen molar-refractivity contribution in [3.63, 3.8) is 0 Å². The number of para-hydroxylation sites is 1. The molecule has 1 aromatic carbocycles. The highest BCUT2D eigenvalue weighted by atomic mass is 16.3. The Balaban J connectivity index is 2.59. The van der Waals surface area contributed by atoms with E-state index in [2.05, 4.69) is 43.6 Å². The van der Waals surface area contributed by atoms with E-state index in [0.29, 0.717) is 12.0 Å². The molecular weight excluding hydrogens is 248 g/mol. The highest BCUT2D eigenvalue weighted by Crippen LogP contribution is 2.29. The second kappa shape index (κ2) is 6.23. The topological polar surface area (TPSA) is 36.4 Å². The molecule has 0 radical (unpaired) electrons. The van der Waals surface area contributed by atoms with Crippen LogP contribution in [0.4, 0.5) is 5.69 Å². The van der Waals surface area contributed by atoms with E-state index in [1.54, 1.807) is 0 Å². The van der Waals surface area contributed by atoms with Gasteiger partial charge in [0.05, 0.1) is 17.8 Å². The number of fused-ring (bicyclic) bond motifs is 1. The van der Waals surface area contributed by atoms with Crippen LogP contribution in [0.5, 0.6) is 0 Å². The van der Waals surface area contributed by atoms with E-state index < -0.39 is 0 Å². The van der Waals surface area contributed by atoms with Crippen molar-refractivity contribution in [3.05, 3.63) is 36.0 Å². The number of aliphatic hydroxyl groups excluding tert-OH is 1. The fourth-order valence-corrected chi connectivity index (χ4v) is 2.51. The predicted octanol–water partition coefficient (Wildman–Crippen LogP) is 3.60. The van der Waals surface area contributed by atoms with E-state index in [1.807, 2.05) is 24.3 Å². The minimum Gasteiger partial charge on any atom is -0.390 e. The Kier molecular flexibility index (Phi) is 4.61. The van der Waals surface area contributed by atoms with Crippen LogP contribution in [0.25, 0.3) is 10.9 Å². The Morgan fingerprint density at radius 2 is 1.85 bits per heavy atom. The van der Waals surface area contributed by atoms with Gasteiger partial charge >= 0.3 is 0 Å². The standard InChI is InChI=1S/C17H24N2O/c1-12(2)10-19(13(3)4)17-9-14(11-20)18-16-8-6-5-7-15(16)17/h5-9,12-13,20H,10-11H2,1-4H3. The van der Waals surface area contributed by atoms with Crippen LogP contribution in [0, 0.1) is 5.92 Å². The summed E-state index contributed by atoms with van der Waals surface area (Å²) in [6.45, 7) is 9.84. The van der Waals surface area contributed by atoms with Crippen LogP contribution in [0.1, 0.15) is 33.4 Å². The second-order valence-corrected chi connectivity index (χ2v) is 5.95. The zero-order valence-corrected chi connectivity index (χ0v) is 12.8. The fourth-order valence-electron chi connectivity index (χ4n) is 2.51. The predicted molar refractivity (Wildman–Crippen MR) is 85.0 cm³/mol. The minimum absolute atomic E-state index is 0.0224. The average Bonchev–Trinajstić information content (AvgIpc) is 2.43. The lowest BCUT2D eigenvalue weighted by molar-refractivity contribution is 0.277. The smallest absolute Gasteiger partial charge is 0.0854 e. The lowest BCUT2D eigenvalue weighted by Crippen LogP contribution is -2.34. The summed E-state index contributed by atoms with van der Waals surface area (Å²) in [5.74, 6) is 0.585. The summed E-state index contributed by atoms with van der Waals surface area (Å²) in [6, 6.07) is 10.6. The normalized spacial score (nSPS) is 11.6. The first-order valence-corrected chi connectivity index (χ1v) is 7.29. The first-order valence-electron chi connectivity index (χ1n) is 7.29. The van der Waals surface area contributed by atoms with Crippen LogP contribution in [0.2, 0.25) is 0 Å². The van der Waals surface area contributed by atoms with Gasteiger partial charge in [0.25, 0.3) is 0 Å². The number of rotatable bonds is 5. The Bertz CT molecular complexity index is 578. The highest BCUT2D eigenvalue weighted by molar-refractivity contribution is 5.92. The first kappa shape index (κ1) is 14.8. The molecule has 0 saturated heterocycles. The molecule has 108 valence electrons. The van der Waals surface area contributed by atoms with Gasteiger partial charge in [0.1, 0.15) is 0 Å². The lowest BCUT2D eigenvalue weighted by Gasteiger charge is -2.32. The Morgan fingerprint density at radius 1 is 1.15 bits per heavy atom. The molecule has 1 N–H and O–H groups in total. The summed E-state index contributed by atoms with van der Waals surface area (Å²) in [6.07, 6.45) is 0. The molecule has 2 rings (SSSR count). The van der Waals surface area contributed by atoms with Crippen LogP contribution in [0.15, 0.2) is 30.3 Å². The minimum atomic E-state index is -0.0224. The van der Waals surface area contributed by atoms with Crippen molar-refractivity contribution >= 4 is 16.6 Å². The van der Waals surface area contributed by atoms with Gasteiger partial charge in [-0.05, 0) is 31.9 Å². The zero-order chi connectivity index (χ0) is 14.7. The Labute approximate surface area is 121 Å². The molecule has 0 saturated carbocycles. The van der Waals surface area contributed by atoms with Gasteiger partial charge in [-0.25, -0.2) is 0 Å². The summed E-state index contributed by atoms with van der Waals surface area (Å²) in [4.78, 5) is 6.90.